The summed E-state index contributed by atoms with van der Waals surface area (Å²) in [5.74, 6) is 0.133. The normalized spacial score (nSPS) is 17.5. The quantitative estimate of drug-likeness (QED) is 0.612. The van der Waals surface area contributed by atoms with Gasteiger partial charge >= 0.3 is 5.69 Å². The molecule has 1 aromatic heterocycles. The van der Waals surface area contributed by atoms with E-state index in [1.165, 1.54) is 0 Å². The third-order valence-electron chi connectivity index (χ3n) is 5.91. The molecule has 1 fully saturated rings. The van der Waals surface area contributed by atoms with Crippen LogP contribution in [0.25, 0.3) is 10.9 Å². The van der Waals surface area contributed by atoms with E-state index in [2.05, 4.69) is 59.3 Å². The van der Waals surface area contributed by atoms with Gasteiger partial charge in [0, 0.05) is 18.5 Å². The van der Waals surface area contributed by atoms with Gasteiger partial charge in [-0.15, -0.1) is 0 Å². The molecule has 3 N–H and O–H groups in total. The monoisotopic (exact) mass is 438 g/mol. The molecule has 0 unspecified atom stereocenters. The molecule has 3 rings (SSSR count). The van der Waals surface area contributed by atoms with Gasteiger partial charge < -0.3 is 20.5 Å². The zero-order valence-corrected chi connectivity index (χ0v) is 19.5. The van der Waals surface area contributed by atoms with Crippen LogP contribution in [0.15, 0.2) is 29.1 Å². The van der Waals surface area contributed by atoms with Crippen LogP contribution >= 0.6 is 0 Å². The number of nitrogens with zero attached hydrogens (tertiary/aromatic N) is 3. The number of piperidine rings is 1. The number of nitriles is 1. The standard InChI is InChI=1S/C24H34N6O2/c1-5-12-30-13-10-24(16-25,11-14-30)29-21(31)19(15-23(2,3)4)26-20-17-8-6-7-9-18(17)27-22(32)28-20/h6-9,19H,5,10-15H2,1-4H3,(H,29,31)(H2,26,27,28,32)/t19-/m0/s1. The molecule has 2 aromatic rings. The molecule has 1 amide bonds. The number of anilines is 1. The topological polar surface area (TPSA) is 114 Å². The highest BCUT2D eigenvalue weighted by Crippen LogP contribution is 2.27. The SMILES string of the molecule is CCCN1CCC(C#N)(NC(=O)[C@H](CC(C)(C)C)Nc2nc(=O)[nH]c3ccccc23)CC1. The Kier molecular flexibility index (Phi) is 7.19. The molecule has 8 nitrogen and oxygen atoms in total. The fraction of sp³-hybridized carbons (Fsp3) is 0.583. The van der Waals surface area contributed by atoms with Crippen molar-refractivity contribution in [2.45, 2.75) is 65.0 Å². The smallest absolute Gasteiger partial charge is 0.347 e. The summed E-state index contributed by atoms with van der Waals surface area (Å²) < 4.78 is 0. The molecule has 2 heterocycles. The minimum atomic E-state index is -0.872. The number of hydrogen-bond donors (Lipinski definition) is 3. The highest BCUT2D eigenvalue weighted by atomic mass is 16.2. The Labute approximate surface area is 189 Å². The summed E-state index contributed by atoms with van der Waals surface area (Å²) in [6.07, 6.45) is 2.79. The van der Waals surface area contributed by atoms with E-state index in [1.807, 2.05) is 18.2 Å². The summed E-state index contributed by atoms with van der Waals surface area (Å²) >= 11 is 0. The second kappa shape index (κ2) is 9.70. The molecule has 172 valence electrons. The Morgan fingerprint density at radius 3 is 2.62 bits per heavy atom. The zero-order valence-electron chi connectivity index (χ0n) is 19.5. The Bertz CT molecular complexity index is 1040. The number of fused-ring (bicyclic) bond motifs is 1. The van der Waals surface area contributed by atoms with Gasteiger partial charge in [-0.05, 0) is 49.8 Å². The van der Waals surface area contributed by atoms with Crippen molar-refractivity contribution in [2.75, 3.05) is 25.0 Å². The van der Waals surface area contributed by atoms with Crippen LogP contribution in [-0.2, 0) is 4.79 Å². The lowest BCUT2D eigenvalue weighted by molar-refractivity contribution is -0.124. The first-order chi connectivity index (χ1) is 15.1. The summed E-state index contributed by atoms with van der Waals surface area (Å²) in [6, 6.07) is 9.10. The van der Waals surface area contributed by atoms with Gasteiger partial charge in [-0.1, -0.05) is 39.8 Å². The summed E-state index contributed by atoms with van der Waals surface area (Å²) in [5, 5.41) is 16.9. The molecule has 0 saturated carbocycles. The predicted octanol–water partition coefficient (Wildman–Crippen LogP) is 3.02. The Morgan fingerprint density at radius 2 is 2.00 bits per heavy atom. The average molecular weight is 439 g/mol. The van der Waals surface area contributed by atoms with Crippen LogP contribution in [0.5, 0.6) is 0 Å². The average Bonchev–Trinajstić information content (AvgIpc) is 2.74. The number of carbonyl (C=O) groups is 1. The van der Waals surface area contributed by atoms with Crippen LogP contribution < -0.4 is 16.3 Å². The van der Waals surface area contributed by atoms with Crippen molar-refractivity contribution in [1.82, 2.24) is 20.2 Å². The van der Waals surface area contributed by atoms with Gasteiger partial charge in [0.1, 0.15) is 17.4 Å². The first-order valence-electron chi connectivity index (χ1n) is 11.4. The maximum atomic E-state index is 13.4. The van der Waals surface area contributed by atoms with Crippen molar-refractivity contribution in [3.05, 3.63) is 34.7 Å². The van der Waals surface area contributed by atoms with E-state index in [-0.39, 0.29) is 11.3 Å². The molecule has 0 spiro atoms. The number of nitrogens with one attached hydrogen (secondary N) is 3. The molecule has 1 aliphatic heterocycles. The maximum Gasteiger partial charge on any atom is 0.347 e. The number of hydrogen-bond acceptors (Lipinski definition) is 6. The fourth-order valence-corrected chi connectivity index (χ4v) is 4.26. The van der Waals surface area contributed by atoms with Crippen molar-refractivity contribution < 1.29 is 4.79 Å². The Hall–Kier alpha value is -2.92. The van der Waals surface area contributed by atoms with Gasteiger partial charge in [0.25, 0.3) is 0 Å². The molecule has 0 radical (unpaired) electrons. The molecular weight excluding hydrogens is 404 g/mol. The highest BCUT2D eigenvalue weighted by molar-refractivity contribution is 5.92. The lowest BCUT2D eigenvalue weighted by atomic mass is 9.85. The second-order valence-corrected chi connectivity index (χ2v) is 9.92. The van der Waals surface area contributed by atoms with Gasteiger partial charge in [-0.3, -0.25) is 4.79 Å². The summed E-state index contributed by atoms with van der Waals surface area (Å²) in [7, 11) is 0. The summed E-state index contributed by atoms with van der Waals surface area (Å²) in [6.45, 7) is 10.9. The molecule has 1 aromatic carbocycles. The highest BCUT2D eigenvalue weighted by Gasteiger charge is 2.38. The third-order valence-corrected chi connectivity index (χ3v) is 5.91. The molecule has 0 aliphatic carbocycles. The molecule has 32 heavy (non-hydrogen) atoms. The number of rotatable bonds is 7. The summed E-state index contributed by atoms with van der Waals surface area (Å²) in [5.41, 5.74) is -0.848. The second-order valence-electron chi connectivity index (χ2n) is 9.92. The zero-order chi connectivity index (χ0) is 23.4. The number of carbonyl (C=O) groups excluding carboxylic acids is 1. The van der Waals surface area contributed by atoms with Gasteiger partial charge in [0.05, 0.1) is 11.6 Å². The van der Waals surface area contributed by atoms with E-state index in [4.69, 9.17) is 0 Å². The lowest BCUT2D eigenvalue weighted by Crippen LogP contribution is -2.57. The van der Waals surface area contributed by atoms with Crippen LogP contribution in [0.1, 0.15) is 53.4 Å². The van der Waals surface area contributed by atoms with E-state index < -0.39 is 17.3 Å². The van der Waals surface area contributed by atoms with Crippen LogP contribution in [0.3, 0.4) is 0 Å². The maximum absolute atomic E-state index is 13.4. The fourth-order valence-electron chi connectivity index (χ4n) is 4.26. The van der Waals surface area contributed by atoms with E-state index in [0.717, 1.165) is 31.4 Å². The first kappa shape index (κ1) is 23.7. The number of likely N-dealkylation sites (tertiary alicyclic amines) is 1. The van der Waals surface area contributed by atoms with Crippen molar-refractivity contribution in [2.24, 2.45) is 5.41 Å². The number of benzene rings is 1. The van der Waals surface area contributed by atoms with Crippen LogP contribution in [-0.4, -0.2) is 52.0 Å². The van der Waals surface area contributed by atoms with Crippen molar-refractivity contribution in [3.8, 4) is 6.07 Å². The number of amides is 1. The predicted molar refractivity (Wildman–Crippen MR) is 126 cm³/mol. The van der Waals surface area contributed by atoms with E-state index in [9.17, 15) is 14.9 Å². The largest absolute Gasteiger partial charge is 0.358 e. The third kappa shape index (κ3) is 5.86. The molecule has 1 saturated heterocycles. The van der Waals surface area contributed by atoms with Gasteiger partial charge in [0.2, 0.25) is 5.91 Å². The van der Waals surface area contributed by atoms with Crippen LogP contribution in [0, 0.1) is 16.7 Å². The lowest BCUT2D eigenvalue weighted by Gasteiger charge is -2.39. The number of aromatic amines is 1. The Balaban J connectivity index is 1.84. The summed E-state index contributed by atoms with van der Waals surface area (Å²) in [4.78, 5) is 34.7. The minimum absolute atomic E-state index is 0.156. The van der Waals surface area contributed by atoms with E-state index >= 15 is 0 Å². The molecule has 1 atom stereocenters. The van der Waals surface area contributed by atoms with E-state index in [1.54, 1.807) is 6.07 Å². The molecule has 1 aliphatic rings. The molecule has 0 bridgehead atoms. The van der Waals surface area contributed by atoms with Crippen LogP contribution in [0.4, 0.5) is 5.82 Å². The van der Waals surface area contributed by atoms with Crippen molar-refractivity contribution >= 4 is 22.6 Å². The molecular formula is C24H34N6O2. The van der Waals surface area contributed by atoms with Gasteiger partial charge in [-0.2, -0.15) is 10.2 Å². The van der Waals surface area contributed by atoms with Gasteiger partial charge in [0.15, 0.2) is 0 Å². The van der Waals surface area contributed by atoms with Crippen LogP contribution in [0.2, 0.25) is 0 Å². The van der Waals surface area contributed by atoms with Gasteiger partial charge in [-0.25, -0.2) is 4.79 Å². The van der Waals surface area contributed by atoms with Crippen molar-refractivity contribution in [1.29, 1.82) is 5.26 Å². The van der Waals surface area contributed by atoms with Crippen molar-refractivity contribution in [3.63, 3.8) is 0 Å². The minimum Gasteiger partial charge on any atom is -0.358 e. The van der Waals surface area contributed by atoms with E-state index in [0.29, 0.717) is 30.6 Å². The molecule has 8 heteroatoms. The Morgan fingerprint density at radius 1 is 1.31 bits per heavy atom. The number of H-pyrrole nitrogens is 1. The number of para-hydroxylation sites is 1. The number of aromatic nitrogens is 2. The first-order valence-corrected chi connectivity index (χ1v) is 11.4.